The third-order valence-corrected chi connectivity index (χ3v) is 4.32. The number of benzene rings is 1. The summed E-state index contributed by atoms with van der Waals surface area (Å²) in [4.78, 5) is 12.2. The summed E-state index contributed by atoms with van der Waals surface area (Å²) in [7, 11) is -3.20. The summed E-state index contributed by atoms with van der Waals surface area (Å²) in [6.45, 7) is 2.37. The first-order valence-electron chi connectivity index (χ1n) is 7.01. The molecule has 22 heavy (non-hydrogen) atoms. The Morgan fingerprint density at radius 1 is 1.27 bits per heavy atom. The number of amides is 1. The van der Waals surface area contributed by atoms with Crippen LogP contribution in [0.2, 0.25) is 0 Å². The van der Waals surface area contributed by atoms with E-state index in [0.717, 1.165) is 30.4 Å². The van der Waals surface area contributed by atoms with Crippen molar-refractivity contribution in [2.45, 2.75) is 31.2 Å². The van der Waals surface area contributed by atoms with Gasteiger partial charge in [-0.3, -0.25) is 9.89 Å². The zero-order chi connectivity index (χ0) is 16.2. The maximum absolute atomic E-state index is 12.0. The number of sulfone groups is 1. The number of aryl methyl sites for hydroxylation is 1. The van der Waals surface area contributed by atoms with Gasteiger partial charge in [0.15, 0.2) is 9.84 Å². The lowest BCUT2D eigenvalue weighted by atomic mass is 10.2. The maximum Gasteiger partial charge on any atom is 0.272 e. The lowest BCUT2D eigenvalue weighted by Crippen LogP contribution is -2.23. The second-order valence-electron chi connectivity index (χ2n) is 5.13. The minimum absolute atomic E-state index is 0.259. The van der Waals surface area contributed by atoms with Crippen LogP contribution in [0.5, 0.6) is 0 Å². The van der Waals surface area contributed by atoms with E-state index in [4.69, 9.17) is 0 Å². The highest BCUT2D eigenvalue weighted by Crippen LogP contribution is 2.10. The molecular weight excluding hydrogens is 302 g/mol. The van der Waals surface area contributed by atoms with E-state index in [1.165, 1.54) is 12.1 Å². The largest absolute Gasteiger partial charge is 0.347 e. The van der Waals surface area contributed by atoms with E-state index in [1.54, 1.807) is 18.2 Å². The molecule has 1 heterocycles. The average Bonchev–Trinajstić information content (AvgIpc) is 2.93. The van der Waals surface area contributed by atoms with Gasteiger partial charge in [0.05, 0.1) is 4.90 Å². The lowest BCUT2D eigenvalue weighted by molar-refractivity contribution is 0.0946. The first-order valence-corrected chi connectivity index (χ1v) is 8.90. The van der Waals surface area contributed by atoms with E-state index in [1.807, 2.05) is 0 Å². The molecule has 0 radical (unpaired) electrons. The third-order valence-electron chi connectivity index (χ3n) is 3.19. The first-order chi connectivity index (χ1) is 10.4. The van der Waals surface area contributed by atoms with E-state index in [9.17, 15) is 13.2 Å². The van der Waals surface area contributed by atoms with E-state index >= 15 is 0 Å². The fourth-order valence-electron chi connectivity index (χ4n) is 2.00. The normalized spacial score (nSPS) is 11.4. The Morgan fingerprint density at radius 3 is 2.55 bits per heavy atom. The fraction of sp³-hybridized carbons (Fsp3) is 0.333. The van der Waals surface area contributed by atoms with Crippen molar-refractivity contribution < 1.29 is 13.2 Å². The van der Waals surface area contributed by atoms with Gasteiger partial charge in [0, 0.05) is 18.5 Å². The number of aromatic amines is 1. The molecule has 0 aliphatic rings. The second kappa shape index (κ2) is 6.74. The van der Waals surface area contributed by atoms with Gasteiger partial charge in [-0.2, -0.15) is 5.10 Å². The van der Waals surface area contributed by atoms with Gasteiger partial charge in [0.2, 0.25) is 0 Å². The zero-order valence-electron chi connectivity index (χ0n) is 12.6. The van der Waals surface area contributed by atoms with Gasteiger partial charge in [0.1, 0.15) is 5.69 Å². The lowest BCUT2D eigenvalue weighted by Gasteiger charge is -2.04. The summed E-state index contributed by atoms with van der Waals surface area (Å²) >= 11 is 0. The highest BCUT2D eigenvalue weighted by molar-refractivity contribution is 7.90. The standard InChI is InChI=1S/C15H19N3O3S/c1-3-4-12-9-14(18-17-12)15(19)16-10-11-5-7-13(8-6-11)22(2,20)21/h5-9H,3-4,10H2,1-2H3,(H,16,19)(H,17,18). The topological polar surface area (TPSA) is 91.9 Å². The molecule has 0 saturated carbocycles. The number of H-pyrrole nitrogens is 1. The molecule has 0 atom stereocenters. The molecule has 0 spiro atoms. The molecule has 0 bridgehead atoms. The number of nitrogens with zero attached hydrogens (tertiary/aromatic N) is 1. The minimum Gasteiger partial charge on any atom is -0.347 e. The molecule has 118 valence electrons. The fourth-order valence-corrected chi connectivity index (χ4v) is 2.63. The Bertz CT molecular complexity index is 749. The third kappa shape index (κ3) is 4.17. The van der Waals surface area contributed by atoms with Crippen molar-refractivity contribution in [1.29, 1.82) is 0 Å². The smallest absolute Gasteiger partial charge is 0.272 e. The van der Waals surface area contributed by atoms with Crippen LogP contribution in [0.3, 0.4) is 0 Å². The Hall–Kier alpha value is -2.15. The molecule has 0 saturated heterocycles. The minimum atomic E-state index is -3.20. The Morgan fingerprint density at radius 2 is 1.95 bits per heavy atom. The van der Waals surface area contributed by atoms with Crippen LogP contribution in [-0.2, 0) is 22.8 Å². The number of hydrogen-bond donors (Lipinski definition) is 2. The Balaban J connectivity index is 1.95. The van der Waals surface area contributed by atoms with Gasteiger partial charge in [0.25, 0.3) is 5.91 Å². The summed E-state index contributed by atoms with van der Waals surface area (Å²) in [6.07, 6.45) is 3.00. The number of carbonyl (C=O) groups is 1. The van der Waals surface area contributed by atoms with Crippen LogP contribution in [0, 0.1) is 0 Å². The highest BCUT2D eigenvalue weighted by Gasteiger charge is 2.10. The summed E-state index contributed by atoms with van der Waals surface area (Å²) in [5.74, 6) is -0.259. The Kier molecular flexibility index (Phi) is 4.97. The van der Waals surface area contributed by atoms with Crippen LogP contribution in [0.15, 0.2) is 35.2 Å². The van der Waals surface area contributed by atoms with Gasteiger partial charge >= 0.3 is 0 Å². The predicted molar refractivity (Wildman–Crippen MR) is 83.3 cm³/mol. The molecule has 0 unspecified atom stereocenters. The van der Waals surface area contributed by atoms with Crippen molar-refractivity contribution in [3.63, 3.8) is 0 Å². The molecule has 6 nitrogen and oxygen atoms in total. The van der Waals surface area contributed by atoms with E-state index in [2.05, 4.69) is 22.4 Å². The SMILES string of the molecule is CCCc1cc(C(=O)NCc2ccc(S(C)(=O)=O)cc2)n[nH]1. The molecule has 1 amide bonds. The van der Waals surface area contributed by atoms with Crippen LogP contribution in [0.1, 0.15) is 35.1 Å². The van der Waals surface area contributed by atoms with Gasteiger partial charge < -0.3 is 5.32 Å². The van der Waals surface area contributed by atoms with Crippen molar-refractivity contribution in [1.82, 2.24) is 15.5 Å². The average molecular weight is 321 g/mol. The molecule has 0 aliphatic carbocycles. The van der Waals surface area contributed by atoms with Gasteiger partial charge in [-0.25, -0.2) is 8.42 Å². The van der Waals surface area contributed by atoms with Crippen molar-refractivity contribution >= 4 is 15.7 Å². The van der Waals surface area contributed by atoms with Crippen LogP contribution in [-0.4, -0.2) is 30.8 Å². The molecule has 0 aliphatic heterocycles. The van der Waals surface area contributed by atoms with Gasteiger partial charge in [-0.05, 0) is 30.2 Å². The van der Waals surface area contributed by atoms with Crippen LogP contribution >= 0.6 is 0 Å². The zero-order valence-corrected chi connectivity index (χ0v) is 13.4. The monoisotopic (exact) mass is 321 g/mol. The summed E-state index contributed by atoms with van der Waals surface area (Å²) in [6, 6.07) is 8.18. The summed E-state index contributed by atoms with van der Waals surface area (Å²) in [5, 5.41) is 9.57. The molecule has 1 aromatic carbocycles. The van der Waals surface area contributed by atoms with Crippen LogP contribution in [0.4, 0.5) is 0 Å². The number of hydrogen-bond acceptors (Lipinski definition) is 4. The van der Waals surface area contributed by atoms with Crippen LogP contribution in [0.25, 0.3) is 0 Å². The number of rotatable bonds is 6. The molecule has 7 heteroatoms. The molecular formula is C15H19N3O3S. The van der Waals surface area contributed by atoms with E-state index < -0.39 is 9.84 Å². The van der Waals surface area contributed by atoms with Gasteiger partial charge in [-0.1, -0.05) is 25.5 Å². The molecule has 2 aromatic rings. The second-order valence-corrected chi connectivity index (χ2v) is 7.14. The predicted octanol–water partition coefficient (Wildman–Crippen LogP) is 1.70. The molecule has 2 rings (SSSR count). The quantitative estimate of drug-likeness (QED) is 0.847. The molecule has 1 aromatic heterocycles. The maximum atomic E-state index is 12.0. The van der Waals surface area contributed by atoms with Crippen molar-refractivity contribution in [2.24, 2.45) is 0 Å². The number of carbonyl (C=O) groups excluding carboxylic acids is 1. The van der Waals surface area contributed by atoms with Crippen molar-refractivity contribution in [3.05, 3.63) is 47.3 Å². The highest BCUT2D eigenvalue weighted by atomic mass is 32.2. The number of aromatic nitrogens is 2. The first kappa shape index (κ1) is 16.2. The Labute approximate surface area is 129 Å². The van der Waals surface area contributed by atoms with Gasteiger partial charge in [-0.15, -0.1) is 0 Å². The number of nitrogens with one attached hydrogen (secondary N) is 2. The van der Waals surface area contributed by atoms with E-state index in [0.29, 0.717) is 12.2 Å². The van der Waals surface area contributed by atoms with Crippen LogP contribution < -0.4 is 5.32 Å². The van der Waals surface area contributed by atoms with Crippen molar-refractivity contribution in [2.75, 3.05) is 6.26 Å². The molecule has 0 fully saturated rings. The van der Waals surface area contributed by atoms with Crippen molar-refractivity contribution in [3.8, 4) is 0 Å². The molecule has 2 N–H and O–H groups in total. The van der Waals surface area contributed by atoms with E-state index in [-0.39, 0.29) is 10.8 Å². The summed E-state index contributed by atoms with van der Waals surface area (Å²) < 4.78 is 22.7. The summed E-state index contributed by atoms with van der Waals surface area (Å²) in [5.41, 5.74) is 2.12.